The number of carbonyl (C=O) groups excluding carboxylic acids is 1. The lowest BCUT2D eigenvalue weighted by Gasteiger charge is -2.35. The minimum absolute atomic E-state index is 0.0882. The van der Waals surface area contributed by atoms with Crippen molar-refractivity contribution in [3.8, 4) is 5.82 Å². The number of aromatic nitrogens is 4. The van der Waals surface area contributed by atoms with E-state index < -0.39 is 17.7 Å². The highest BCUT2D eigenvalue weighted by Gasteiger charge is 2.22. The van der Waals surface area contributed by atoms with Crippen LogP contribution >= 0.6 is 0 Å². The molecule has 3 heterocycles. The molecule has 1 aliphatic heterocycles. The fourth-order valence-corrected chi connectivity index (χ4v) is 3.12. The number of halogens is 2. The third-order valence-electron chi connectivity index (χ3n) is 4.60. The number of hydrogen-bond acceptors (Lipinski definition) is 5. The van der Waals surface area contributed by atoms with E-state index in [9.17, 15) is 13.6 Å². The molecular weight excluding hydrogens is 380 g/mol. The smallest absolute Gasteiger partial charge is 0.321 e. The number of nitrogens with zero attached hydrogens (tertiary/aromatic N) is 6. The van der Waals surface area contributed by atoms with E-state index in [1.807, 2.05) is 36.2 Å². The van der Waals surface area contributed by atoms with E-state index in [2.05, 4.69) is 20.6 Å². The average Bonchev–Trinajstić information content (AvgIpc) is 3.14. The lowest BCUT2D eigenvalue weighted by Crippen LogP contribution is -2.50. The lowest BCUT2D eigenvalue weighted by molar-refractivity contribution is 0.208. The van der Waals surface area contributed by atoms with Gasteiger partial charge in [0, 0.05) is 44.1 Å². The average molecular weight is 399 g/mol. The molecule has 0 atom stereocenters. The Labute approximate surface area is 165 Å². The van der Waals surface area contributed by atoms with Crippen molar-refractivity contribution in [2.45, 2.75) is 6.92 Å². The molecule has 0 unspecified atom stereocenters. The van der Waals surface area contributed by atoms with E-state index in [0.29, 0.717) is 37.8 Å². The van der Waals surface area contributed by atoms with Crippen molar-refractivity contribution in [1.82, 2.24) is 24.9 Å². The third-order valence-corrected chi connectivity index (χ3v) is 4.60. The van der Waals surface area contributed by atoms with Gasteiger partial charge in [-0.15, -0.1) is 10.2 Å². The van der Waals surface area contributed by atoms with Crippen LogP contribution in [-0.4, -0.2) is 57.1 Å². The molecule has 1 aromatic carbocycles. The summed E-state index contributed by atoms with van der Waals surface area (Å²) in [4.78, 5) is 16.0. The molecule has 0 saturated carbocycles. The van der Waals surface area contributed by atoms with Gasteiger partial charge in [0.1, 0.15) is 11.6 Å². The minimum atomic E-state index is -0.739. The fourth-order valence-electron chi connectivity index (χ4n) is 3.12. The molecule has 29 heavy (non-hydrogen) atoms. The van der Waals surface area contributed by atoms with Crippen LogP contribution in [-0.2, 0) is 0 Å². The minimum Gasteiger partial charge on any atom is -0.352 e. The number of carbonyl (C=O) groups is 1. The van der Waals surface area contributed by atoms with Crippen LogP contribution in [0.5, 0.6) is 0 Å². The van der Waals surface area contributed by atoms with E-state index in [-0.39, 0.29) is 5.69 Å². The number of piperazine rings is 1. The molecule has 2 aromatic heterocycles. The summed E-state index contributed by atoms with van der Waals surface area (Å²) < 4.78 is 28.2. The maximum atomic E-state index is 13.3. The van der Waals surface area contributed by atoms with Gasteiger partial charge in [0.25, 0.3) is 0 Å². The Morgan fingerprint density at radius 3 is 2.21 bits per heavy atom. The van der Waals surface area contributed by atoms with Gasteiger partial charge in [-0.1, -0.05) is 0 Å². The molecule has 0 aliphatic carbocycles. The number of aryl methyl sites for hydroxylation is 1. The van der Waals surface area contributed by atoms with Crippen molar-refractivity contribution >= 4 is 17.5 Å². The molecule has 3 aromatic rings. The van der Waals surface area contributed by atoms with Crippen molar-refractivity contribution < 1.29 is 13.6 Å². The number of rotatable bonds is 3. The van der Waals surface area contributed by atoms with Gasteiger partial charge in [-0.25, -0.2) is 18.3 Å². The van der Waals surface area contributed by atoms with Crippen LogP contribution < -0.4 is 10.2 Å². The number of amides is 2. The van der Waals surface area contributed by atoms with Crippen LogP contribution in [0.15, 0.2) is 42.6 Å². The number of benzene rings is 1. The topological polar surface area (TPSA) is 79.2 Å². The summed E-state index contributed by atoms with van der Waals surface area (Å²) >= 11 is 0. The lowest BCUT2D eigenvalue weighted by atomic mass is 10.3. The van der Waals surface area contributed by atoms with Gasteiger partial charge in [-0.05, 0) is 37.3 Å². The van der Waals surface area contributed by atoms with Gasteiger partial charge in [-0.3, -0.25) is 0 Å². The van der Waals surface area contributed by atoms with Crippen molar-refractivity contribution in [2.75, 3.05) is 36.4 Å². The predicted octanol–water partition coefficient (Wildman–Crippen LogP) is 2.60. The maximum Gasteiger partial charge on any atom is 0.321 e. The van der Waals surface area contributed by atoms with Gasteiger partial charge < -0.3 is 15.1 Å². The summed E-state index contributed by atoms with van der Waals surface area (Å²) in [5.41, 5.74) is 0.983. The van der Waals surface area contributed by atoms with Crippen LogP contribution in [0.4, 0.5) is 25.1 Å². The summed E-state index contributed by atoms with van der Waals surface area (Å²) in [7, 11) is 0. The van der Waals surface area contributed by atoms with Gasteiger partial charge in [0.15, 0.2) is 11.6 Å². The summed E-state index contributed by atoms with van der Waals surface area (Å²) in [6.07, 6.45) is 1.82. The Morgan fingerprint density at radius 1 is 0.966 bits per heavy atom. The first-order valence-electron chi connectivity index (χ1n) is 9.11. The highest BCUT2D eigenvalue weighted by Crippen LogP contribution is 2.17. The Kier molecular flexibility index (Phi) is 5.07. The maximum absolute atomic E-state index is 13.3. The van der Waals surface area contributed by atoms with Gasteiger partial charge in [-0.2, -0.15) is 5.10 Å². The number of urea groups is 1. The molecule has 1 N–H and O–H groups in total. The van der Waals surface area contributed by atoms with Crippen LogP contribution in [0.2, 0.25) is 0 Å². The predicted molar refractivity (Wildman–Crippen MR) is 103 cm³/mol. The first-order chi connectivity index (χ1) is 14.0. The molecule has 1 fully saturated rings. The summed E-state index contributed by atoms with van der Waals surface area (Å²) in [6.45, 7) is 3.94. The quantitative estimate of drug-likeness (QED) is 0.733. The van der Waals surface area contributed by atoms with Crippen LogP contribution in [0.3, 0.4) is 0 Å². The van der Waals surface area contributed by atoms with Crippen molar-refractivity contribution in [1.29, 1.82) is 0 Å². The number of anilines is 2. The molecule has 4 rings (SSSR count). The molecule has 2 amide bonds. The second-order valence-electron chi connectivity index (χ2n) is 6.71. The summed E-state index contributed by atoms with van der Waals surface area (Å²) in [5, 5.41) is 15.3. The first-order valence-corrected chi connectivity index (χ1v) is 9.11. The SMILES string of the molecule is Cc1ccn(-c2ccc(N3CCN(C(=O)Nc4cc(F)cc(F)c4)CC3)nn2)n1. The Morgan fingerprint density at radius 2 is 1.62 bits per heavy atom. The molecule has 1 aliphatic rings. The van der Waals surface area contributed by atoms with Gasteiger partial charge in [0.2, 0.25) is 0 Å². The first kappa shape index (κ1) is 18.8. The van der Waals surface area contributed by atoms with E-state index >= 15 is 0 Å². The van der Waals surface area contributed by atoms with Gasteiger partial charge >= 0.3 is 6.03 Å². The fraction of sp³-hybridized carbons (Fsp3) is 0.263. The highest BCUT2D eigenvalue weighted by molar-refractivity contribution is 5.89. The van der Waals surface area contributed by atoms with Crippen molar-refractivity contribution in [3.63, 3.8) is 0 Å². The molecule has 10 heteroatoms. The highest BCUT2D eigenvalue weighted by atomic mass is 19.1. The Bertz CT molecular complexity index is 993. The second kappa shape index (κ2) is 7.82. The molecular formula is C19H19F2N7O. The van der Waals surface area contributed by atoms with E-state index in [0.717, 1.165) is 23.9 Å². The molecule has 0 bridgehead atoms. The molecule has 8 nitrogen and oxygen atoms in total. The number of hydrogen-bond donors (Lipinski definition) is 1. The van der Waals surface area contributed by atoms with Crippen LogP contribution in [0.25, 0.3) is 5.82 Å². The zero-order valence-corrected chi connectivity index (χ0v) is 15.7. The number of nitrogens with one attached hydrogen (secondary N) is 1. The van der Waals surface area contributed by atoms with Crippen molar-refractivity contribution in [2.24, 2.45) is 0 Å². The van der Waals surface area contributed by atoms with Crippen LogP contribution in [0.1, 0.15) is 5.69 Å². The Hall–Kier alpha value is -3.56. The third kappa shape index (κ3) is 4.31. The van der Waals surface area contributed by atoms with Crippen LogP contribution in [0, 0.1) is 18.6 Å². The molecule has 150 valence electrons. The molecule has 0 spiro atoms. The second-order valence-corrected chi connectivity index (χ2v) is 6.71. The zero-order valence-electron chi connectivity index (χ0n) is 15.7. The summed E-state index contributed by atoms with van der Waals surface area (Å²) in [5.74, 6) is -0.137. The normalized spacial score (nSPS) is 14.2. The van der Waals surface area contributed by atoms with E-state index in [4.69, 9.17) is 0 Å². The standard InChI is InChI=1S/C19H19F2N7O/c1-13-4-5-28(25-13)18-3-2-17(23-24-18)26-6-8-27(9-7-26)19(29)22-16-11-14(20)10-15(21)12-16/h2-5,10-12H,6-9H2,1H3,(H,22,29). The van der Waals surface area contributed by atoms with E-state index in [1.54, 1.807) is 9.58 Å². The van der Waals surface area contributed by atoms with E-state index in [1.165, 1.54) is 0 Å². The van der Waals surface area contributed by atoms with Crippen molar-refractivity contribution in [3.05, 3.63) is 59.9 Å². The Balaban J connectivity index is 1.34. The van der Waals surface area contributed by atoms with Gasteiger partial charge in [0.05, 0.1) is 5.69 Å². The zero-order chi connectivity index (χ0) is 20.4. The monoisotopic (exact) mass is 399 g/mol. The molecule has 1 saturated heterocycles. The largest absolute Gasteiger partial charge is 0.352 e. The molecule has 0 radical (unpaired) electrons. The summed E-state index contributed by atoms with van der Waals surface area (Å²) in [6, 6.07) is 8.11.